The average Bonchev–Trinajstić information content (AvgIpc) is 2.37. The Morgan fingerprint density at radius 1 is 1.15 bits per heavy atom. The first-order chi connectivity index (χ1) is 9.54. The van der Waals surface area contributed by atoms with Crippen molar-refractivity contribution in [2.24, 2.45) is 0 Å². The molecule has 2 rings (SSSR count). The molecule has 0 saturated carbocycles. The third-order valence-corrected chi connectivity index (χ3v) is 2.76. The minimum atomic E-state index is -1.45. The second-order valence-electron chi connectivity index (χ2n) is 4.61. The molecule has 6 nitrogen and oxygen atoms in total. The molecule has 7 heteroatoms. The molecule has 1 aromatic rings. The van der Waals surface area contributed by atoms with Crippen LogP contribution >= 0.6 is 0 Å². The molecule has 0 spiro atoms. The van der Waals surface area contributed by atoms with E-state index in [0.717, 1.165) is 5.56 Å². The summed E-state index contributed by atoms with van der Waals surface area (Å²) in [5.74, 6) is -1.18. The molecule has 0 N–H and O–H groups in total. The number of nitrogens with zero attached hydrogens (tertiary/aromatic N) is 1. The summed E-state index contributed by atoms with van der Waals surface area (Å²) in [5.41, 5.74) is 0.311. The van der Waals surface area contributed by atoms with Crippen molar-refractivity contribution in [3.8, 4) is 0 Å². The average molecular weight is 275 g/mol. The Morgan fingerprint density at radius 2 is 1.70 bits per heavy atom. The molecular formula is C13H14BNO5. The Kier molecular flexibility index (Phi) is 4.52. The predicted molar refractivity (Wildman–Crippen MR) is 70.6 cm³/mol. The van der Waals surface area contributed by atoms with Gasteiger partial charge in [-0.05, 0) is 12.6 Å². The fourth-order valence-corrected chi connectivity index (χ4v) is 1.85. The van der Waals surface area contributed by atoms with Crippen molar-refractivity contribution in [3.63, 3.8) is 0 Å². The Hall–Kier alpha value is -2.15. The summed E-state index contributed by atoms with van der Waals surface area (Å²) in [4.78, 5) is 36.5. The predicted octanol–water partition coefficient (Wildman–Crippen LogP) is -0.143. The van der Waals surface area contributed by atoms with E-state index in [2.05, 4.69) is 0 Å². The highest BCUT2D eigenvalue weighted by atomic mass is 16.6. The van der Waals surface area contributed by atoms with Crippen LogP contribution in [-0.4, -0.2) is 49.8 Å². The van der Waals surface area contributed by atoms with Crippen LogP contribution in [0.5, 0.6) is 0 Å². The van der Waals surface area contributed by atoms with Crippen molar-refractivity contribution < 1.29 is 23.7 Å². The summed E-state index contributed by atoms with van der Waals surface area (Å²) >= 11 is 0. The molecule has 1 saturated heterocycles. The van der Waals surface area contributed by atoms with Gasteiger partial charge in [0.05, 0.1) is 13.1 Å². The van der Waals surface area contributed by atoms with E-state index in [9.17, 15) is 14.4 Å². The van der Waals surface area contributed by atoms with Gasteiger partial charge in [-0.3, -0.25) is 14.5 Å². The molecule has 0 bridgehead atoms. The molecule has 0 atom stereocenters. The second kappa shape index (κ2) is 6.34. The van der Waals surface area contributed by atoms with Crippen LogP contribution in [0.1, 0.15) is 5.56 Å². The highest BCUT2D eigenvalue weighted by Crippen LogP contribution is 2.06. The fourth-order valence-electron chi connectivity index (χ4n) is 1.85. The zero-order chi connectivity index (χ0) is 14.5. The highest BCUT2D eigenvalue weighted by Gasteiger charge is 2.38. The summed E-state index contributed by atoms with van der Waals surface area (Å²) in [6, 6.07) is 8.98. The maximum atomic E-state index is 12.0. The molecule has 104 valence electrons. The number of hydrogen-bond acceptors (Lipinski definition) is 6. The first kappa shape index (κ1) is 14.3. The largest absolute Gasteiger partial charge is 0.675 e. The SMILES string of the molecule is CN1CC(=O)OB(C(=O)Cc2ccccc2)OC(=O)C1. The Balaban J connectivity index is 2.04. The van der Waals surface area contributed by atoms with E-state index >= 15 is 0 Å². The topological polar surface area (TPSA) is 72.9 Å². The summed E-state index contributed by atoms with van der Waals surface area (Å²) in [6.45, 7) is -0.103. The molecule has 20 heavy (non-hydrogen) atoms. The minimum absolute atomic E-state index is 0.0436. The zero-order valence-corrected chi connectivity index (χ0v) is 11.1. The number of hydrogen-bond donors (Lipinski definition) is 0. The van der Waals surface area contributed by atoms with Crippen LogP contribution in [-0.2, 0) is 30.1 Å². The standard InChI is InChI=1S/C13H14BNO5/c1-15-8-12(17)19-14(20-13(18)9-15)11(16)7-10-5-3-2-4-6-10/h2-6H,7-9H2,1H3. The van der Waals surface area contributed by atoms with Gasteiger partial charge in [-0.15, -0.1) is 0 Å². The fraction of sp³-hybridized carbons (Fsp3) is 0.308. The third-order valence-electron chi connectivity index (χ3n) is 2.76. The summed E-state index contributed by atoms with van der Waals surface area (Å²) in [6.07, 6.45) is 0.0436. The molecule has 0 aliphatic carbocycles. The smallest absolute Gasteiger partial charge is 0.492 e. The first-order valence-corrected chi connectivity index (χ1v) is 6.19. The molecule has 0 radical (unpaired) electrons. The van der Waals surface area contributed by atoms with Crippen LogP contribution < -0.4 is 0 Å². The van der Waals surface area contributed by atoms with Gasteiger partial charge in [0, 0.05) is 6.42 Å². The molecule has 1 aliphatic rings. The number of rotatable bonds is 3. The van der Waals surface area contributed by atoms with Crippen molar-refractivity contribution in [1.29, 1.82) is 0 Å². The van der Waals surface area contributed by atoms with E-state index < -0.39 is 24.7 Å². The van der Waals surface area contributed by atoms with E-state index in [1.807, 2.05) is 6.07 Å². The maximum absolute atomic E-state index is 12.0. The Bertz CT molecular complexity index is 499. The van der Waals surface area contributed by atoms with E-state index in [1.54, 1.807) is 31.3 Å². The summed E-state index contributed by atoms with van der Waals surface area (Å²) in [5, 5.41) is 0. The lowest BCUT2D eigenvalue weighted by Crippen LogP contribution is -2.46. The summed E-state index contributed by atoms with van der Waals surface area (Å²) in [7, 11) is 0.137. The molecule has 0 amide bonds. The van der Waals surface area contributed by atoms with Crippen LogP contribution in [0.2, 0.25) is 0 Å². The molecule has 1 aliphatic heterocycles. The molecule has 0 unspecified atom stereocenters. The highest BCUT2D eigenvalue weighted by molar-refractivity contribution is 6.82. The molecule has 1 fully saturated rings. The van der Waals surface area contributed by atoms with Gasteiger partial charge in [-0.1, -0.05) is 30.3 Å². The van der Waals surface area contributed by atoms with Gasteiger partial charge in [-0.25, -0.2) is 0 Å². The minimum Gasteiger partial charge on any atom is -0.492 e. The van der Waals surface area contributed by atoms with Crippen molar-refractivity contribution in [2.75, 3.05) is 20.1 Å². The van der Waals surface area contributed by atoms with Crippen LogP contribution in [0, 0.1) is 0 Å². The van der Waals surface area contributed by atoms with E-state index in [0.29, 0.717) is 0 Å². The van der Waals surface area contributed by atoms with Gasteiger partial charge in [0.2, 0.25) is 0 Å². The van der Waals surface area contributed by atoms with Gasteiger partial charge in [0.15, 0.2) is 5.68 Å². The second-order valence-corrected chi connectivity index (χ2v) is 4.61. The van der Waals surface area contributed by atoms with Crippen LogP contribution in [0.4, 0.5) is 0 Å². The van der Waals surface area contributed by atoms with Crippen molar-refractivity contribution in [3.05, 3.63) is 35.9 Å². The normalized spacial score (nSPS) is 16.9. The monoisotopic (exact) mass is 275 g/mol. The van der Waals surface area contributed by atoms with Gasteiger partial charge in [0.25, 0.3) is 0 Å². The first-order valence-electron chi connectivity index (χ1n) is 6.19. The lowest BCUT2D eigenvalue weighted by molar-refractivity contribution is -0.147. The lowest BCUT2D eigenvalue weighted by atomic mass is 9.79. The zero-order valence-electron chi connectivity index (χ0n) is 11.1. The molecule has 1 aromatic carbocycles. The molecule has 1 heterocycles. The van der Waals surface area contributed by atoms with E-state index in [1.165, 1.54) is 4.90 Å². The van der Waals surface area contributed by atoms with Crippen LogP contribution in [0.3, 0.4) is 0 Å². The summed E-state index contributed by atoms with van der Waals surface area (Å²) < 4.78 is 9.79. The van der Waals surface area contributed by atoms with Gasteiger partial charge < -0.3 is 14.1 Å². The molecular weight excluding hydrogens is 261 g/mol. The van der Waals surface area contributed by atoms with Crippen LogP contribution in [0.15, 0.2) is 30.3 Å². The van der Waals surface area contributed by atoms with Gasteiger partial charge >= 0.3 is 19.1 Å². The van der Waals surface area contributed by atoms with Crippen molar-refractivity contribution in [2.45, 2.75) is 6.42 Å². The number of likely N-dealkylation sites (N-methyl/N-ethyl adjacent to an activating group) is 1. The van der Waals surface area contributed by atoms with E-state index in [4.69, 9.17) is 9.31 Å². The number of carbonyl (C=O) groups excluding carboxylic acids is 3. The van der Waals surface area contributed by atoms with Gasteiger partial charge in [-0.2, -0.15) is 0 Å². The van der Waals surface area contributed by atoms with Crippen LogP contribution in [0.25, 0.3) is 0 Å². The molecule has 0 aromatic heterocycles. The lowest BCUT2D eigenvalue weighted by Gasteiger charge is -2.21. The quantitative estimate of drug-likeness (QED) is 0.715. The van der Waals surface area contributed by atoms with Crippen molar-refractivity contribution in [1.82, 2.24) is 4.90 Å². The maximum Gasteiger partial charge on any atom is 0.675 e. The Morgan fingerprint density at radius 3 is 2.25 bits per heavy atom. The Labute approximate surface area is 116 Å². The number of carbonyl (C=O) groups is 3. The van der Waals surface area contributed by atoms with E-state index in [-0.39, 0.29) is 19.5 Å². The van der Waals surface area contributed by atoms with Crippen molar-refractivity contribution >= 4 is 24.7 Å². The number of benzene rings is 1. The van der Waals surface area contributed by atoms with Gasteiger partial charge in [0.1, 0.15) is 0 Å². The third kappa shape index (κ3) is 3.93.